The molecule has 3 atom stereocenters. The van der Waals surface area contributed by atoms with Gasteiger partial charge in [-0.05, 0) is 19.0 Å². The van der Waals surface area contributed by atoms with Crippen LogP contribution in [0.1, 0.15) is 12.1 Å². The van der Waals surface area contributed by atoms with Crippen molar-refractivity contribution in [1.82, 2.24) is 14.7 Å². The summed E-state index contributed by atoms with van der Waals surface area (Å²) in [5.41, 5.74) is 2.36. The van der Waals surface area contributed by atoms with E-state index in [1.54, 1.807) is 0 Å². The maximum absolute atomic E-state index is 6.35. The van der Waals surface area contributed by atoms with Crippen LogP contribution in [0.25, 0.3) is 10.9 Å². The molecule has 0 amide bonds. The number of hydrogen-bond acceptors (Lipinski definition) is 3. The molecule has 20 heavy (non-hydrogen) atoms. The topological polar surface area (TPSA) is 30.3 Å². The van der Waals surface area contributed by atoms with Gasteiger partial charge in [0, 0.05) is 24.4 Å². The number of aromatic nitrogens is 2. The van der Waals surface area contributed by atoms with Crippen molar-refractivity contribution in [3.8, 4) is 0 Å². The molecule has 1 spiro atoms. The minimum absolute atomic E-state index is 0. The van der Waals surface area contributed by atoms with Gasteiger partial charge in [0.05, 0.1) is 24.4 Å². The van der Waals surface area contributed by atoms with Crippen molar-refractivity contribution in [2.75, 3.05) is 26.2 Å². The summed E-state index contributed by atoms with van der Waals surface area (Å²) < 4.78 is 8.56. The predicted octanol–water partition coefficient (Wildman–Crippen LogP) is 2.02. The summed E-state index contributed by atoms with van der Waals surface area (Å²) in [5.74, 6) is 0.645. The van der Waals surface area contributed by atoms with Gasteiger partial charge in [0.15, 0.2) is 0 Å². The maximum atomic E-state index is 6.35. The van der Waals surface area contributed by atoms with Gasteiger partial charge in [0.25, 0.3) is 0 Å². The van der Waals surface area contributed by atoms with Crippen LogP contribution >= 0.6 is 12.4 Å². The van der Waals surface area contributed by atoms with Crippen LogP contribution in [-0.2, 0) is 16.9 Å². The summed E-state index contributed by atoms with van der Waals surface area (Å²) in [6.07, 6.45) is 1.26. The standard InChI is InChI=1S/C15H17N3O.ClH/c1-2-4-13-12(3-1)14-15(19-8-7-18(14)16-13)10-17-6-5-11(15)9-17;/h1-4,11H,5-10H2;1H. The van der Waals surface area contributed by atoms with E-state index in [-0.39, 0.29) is 18.0 Å². The van der Waals surface area contributed by atoms with Crippen LogP contribution in [0.4, 0.5) is 0 Å². The van der Waals surface area contributed by atoms with Gasteiger partial charge in [-0.1, -0.05) is 18.2 Å². The molecule has 2 saturated heterocycles. The highest BCUT2D eigenvalue weighted by Gasteiger charge is 2.55. The third-order valence-electron chi connectivity index (χ3n) is 5.10. The highest BCUT2D eigenvalue weighted by Crippen LogP contribution is 2.49. The number of halogens is 1. The van der Waals surface area contributed by atoms with E-state index in [9.17, 15) is 0 Å². The van der Waals surface area contributed by atoms with E-state index in [4.69, 9.17) is 9.84 Å². The van der Waals surface area contributed by atoms with Crippen LogP contribution in [0.5, 0.6) is 0 Å². The first-order chi connectivity index (χ1) is 9.37. The van der Waals surface area contributed by atoms with Gasteiger partial charge < -0.3 is 4.74 Å². The zero-order chi connectivity index (χ0) is 12.4. The van der Waals surface area contributed by atoms with Crippen molar-refractivity contribution in [3.63, 3.8) is 0 Å². The molecule has 2 fully saturated rings. The Kier molecular flexibility index (Phi) is 2.65. The van der Waals surface area contributed by atoms with Crippen molar-refractivity contribution in [3.05, 3.63) is 30.0 Å². The first-order valence-corrected chi connectivity index (χ1v) is 7.19. The fraction of sp³-hybridized carbons (Fsp3) is 0.533. The summed E-state index contributed by atoms with van der Waals surface area (Å²) in [5, 5.41) is 6.06. The zero-order valence-electron chi connectivity index (χ0n) is 11.3. The van der Waals surface area contributed by atoms with E-state index in [0.29, 0.717) is 5.92 Å². The molecule has 3 aliphatic heterocycles. The van der Waals surface area contributed by atoms with E-state index in [1.165, 1.54) is 30.6 Å². The minimum Gasteiger partial charge on any atom is -0.365 e. The quantitative estimate of drug-likeness (QED) is 0.744. The average molecular weight is 292 g/mol. The normalized spacial score (nSPS) is 34.4. The summed E-state index contributed by atoms with van der Waals surface area (Å²) in [4.78, 5) is 2.54. The minimum atomic E-state index is -0.0907. The van der Waals surface area contributed by atoms with Crippen LogP contribution in [0.3, 0.4) is 0 Å². The number of benzene rings is 1. The molecule has 3 unspecified atom stereocenters. The molecule has 0 saturated carbocycles. The van der Waals surface area contributed by atoms with Gasteiger partial charge in [-0.25, -0.2) is 0 Å². The van der Waals surface area contributed by atoms with Gasteiger partial charge >= 0.3 is 0 Å². The highest BCUT2D eigenvalue weighted by molar-refractivity contribution is 5.85. The Bertz CT molecular complexity index is 670. The lowest BCUT2D eigenvalue weighted by Gasteiger charge is -2.40. The van der Waals surface area contributed by atoms with Gasteiger partial charge in [0.2, 0.25) is 0 Å². The Hall–Kier alpha value is -1.10. The monoisotopic (exact) mass is 291 g/mol. The van der Waals surface area contributed by atoms with Crippen molar-refractivity contribution in [2.24, 2.45) is 5.92 Å². The fourth-order valence-corrected chi connectivity index (χ4v) is 4.32. The smallest absolute Gasteiger partial charge is 0.127 e. The summed E-state index contributed by atoms with van der Waals surface area (Å²) in [6.45, 7) is 5.17. The first-order valence-electron chi connectivity index (χ1n) is 7.19. The Morgan fingerprint density at radius 1 is 1.25 bits per heavy atom. The van der Waals surface area contributed by atoms with Crippen molar-refractivity contribution < 1.29 is 4.74 Å². The van der Waals surface area contributed by atoms with E-state index in [2.05, 4.69) is 33.8 Å². The van der Waals surface area contributed by atoms with E-state index in [1.807, 2.05) is 0 Å². The summed E-state index contributed by atoms with van der Waals surface area (Å²) >= 11 is 0. The second kappa shape index (κ2) is 4.20. The Labute approximate surface area is 124 Å². The highest BCUT2D eigenvalue weighted by atomic mass is 35.5. The van der Waals surface area contributed by atoms with Gasteiger partial charge in [0.1, 0.15) is 5.60 Å². The molecular weight excluding hydrogens is 274 g/mol. The second-order valence-corrected chi connectivity index (χ2v) is 6.05. The molecule has 0 radical (unpaired) electrons. The Morgan fingerprint density at radius 2 is 2.15 bits per heavy atom. The van der Waals surface area contributed by atoms with E-state index in [0.717, 1.165) is 25.2 Å². The van der Waals surface area contributed by atoms with Gasteiger partial charge in [-0.3, -0.25) is 9.58 Å². The number of fused-ring (bicyclic) bond motifs is 7. The molecule has 0 N–H and O–H groups in total. The van der Waals surface area contributed by atoms with Gasteiger partial charge in [-0.15, -0.1) is 12.4 Å². The summed E-state index contributed by atoms with van der Waals surface area (Å²) in [6, 6.07) is 8.49. The lowest BCUT2D eigenvalue weighted by molar-refractivity contribution is -0.107. The van der Waals surface area contributed by atoms with E-state index < -0.39 is 0 Å². The molecule has 5 heteroatoms. The second-order valence-electron chi connectivity index (χ2n) is 6.05. The lowest BCUT2D eigenvalue weighted by Crippen LogP contribution is -2.47. The van der Waals surface area contributed by atoms with Crippen LogP contribution in [0.15, 0.2) is 24.3 Å². The van der Waals surface area contributed by atoms with Crippen LogP contribution in [-0.4, -0.2) is 40.9 Å². The van der Waals surface area contributed by atoms with Crippen LogP contribution in [0.2, 0.25) is 0 Å². The van der Waals surface area contributed by atoms with E-state index >= 15 is 0 Å². The molecule has 4 nitrogen and oxygen atoms in total. The largest absolute Gasteiger partial charge is 0.365 e. The SMILES string of the molecule is Cl.c1ccc2c3n(nc2c1)CCOC31CN2CCC1C2. The molecule has 0 aliphatic carbocycles. The number of nitrogens with zero attached hydrogens (tertiary/aromatic N) is 3. The lowest BCUT2D eigenvalue weighted by atomic mass is 9.82. The molecule has 1 aromatic heterocycles. The Balaban J connectivity index is 0.00000106. The molecule has 1 aromatic carbocycles. The Morgan fingerprint density at radius 3 is 2.95 bits per heavy atom. The van der Waals surface area contributed by atoms with Gasteiger partial charge in [-0.2, -0.15) is 5.10 Å². The average Bonchev–Trinajstić information content (AvgIpc) is 3.10. The fourth-order valence-electron chi connectivity index (χ4n) is 4.32. The number of piperidine rings is 1. The molecule has 3 aliphatic rings. The molecule has 106 valence electrons. The summed E-state index contributed by atoms with van der Waals surface area (Å²) in [7, 11) is 0. The maximum Gasteiger partial charge on any atom is 0.127 e. The number of ether oxygens (including phenoxy) is 1. The molecule has 2 aromatic rings. The van der Waals surface area contributed by atoms with Crippen LogP contribution < -0.4 is 0 Å². The van der Waals surface area contributed by atoms with Crippen LogP contribution in [0, 0.1) is 5.92 Å². The van der Waals surface area contributed by atoms with Crippen molar-refractivity contribution in [2.45, 2.75) is 18.6 Å². The molecule has 5 rings (SSSR count). The predicted molar refractivity (Wildman–Crippen MR) is 79.2 cm³/mol. The molecule has 4 heterocycles. The zero-order valence-corrected chi connectivity index (χ0v) is 12.1. The number of rotatable bonds is 0. The molecular formula is C15H18ClN3O. The van der Waals surface area contributed by atoms with Crippen molar-refractivity contribution in [1.29, 1.82) is 0 Å². The first kappa shape index (κ1) is 12.6. The molecule has 2 bridgehead atoms. The third kappa shape index (κ3) is 1.42. The third-order valence-corrected chi connectivity index (χ3v) is 5.10. The van der Waals surface area contributed by atoms with Crippen molar-refractivity contribution >= 4 is 23.3 Å². The number of hydrogen-bond donors (Lipinski definition) is 0.